The van der Waals surface area contributed by atoms with E-state index in [0.717, 1.165) is 16.9 Å². The zero-order valence-electron chi connectivity index (χ0n) is 17.7. The van der Waals surface area contributed by atoms with E-state index in [2.05, 4.69) is 5.10 Å². The van der Waals surface area contributed by atoms with Crippen molar-refractivity contribution in [3.63, 3.8) is 0 Å². The summed E-state index contributed by atoms with van der Waals surface area (Å²) in [6.07, 6.45) is 0.476. The maximum atomic E-state index is 13.3. The van der Waals surface area contributed by atoms with E-state index in [1.165, 1.54) is 5.01 Å². The second kappa shape index (κ2) is 8.52. The summed E-state index contributed by atoms with van der Waals surface area (Å²) in [6.45, 7) is 1.98. The van der Waals surface area contributed by atoms with Crippen LogP contribution in [0.1, 0.15) is 39.5 Å². The third-order valence-corrected chi connectivity index (χ3v) is 5.43. The topological polar surface area (TPSA) is 71.4 Å². The molecule has 158 valence electrons. The van der Waals surface area contributed by atoms with Crippen LogP contribution in [0.15, 0.2) is 71.8 Å². The van der Waals surface area contributed by atoms with Crippen molar-refractivity contribution >= 4 is 11.6 Å². The number of hydrogen-bond donors (Lipinski definition) is 1. The molecule has 6 nitrogen and oxygen atoms in total. The summed E-state index contributed by atoms with van der Waals surface area (Å²) in [5.74, 6) is 1.17. The second-order valence-corrected chi connectivity index (χ2v) is 7.44. The SMILES string of the molecule is COc1ccc(C2CC(c3ccc(OC)cc3O)=NN2C(=O)c2ccc(C)cc2)cc1. The van der Waals surface area contributed by atoms with Crippen molar-refractivity contribution in [1.82, 2.24) is 5.01 Å². The minimum atomic E-state index is -0.295. The molecule has 1 unspecified atom stereocenters. The van der Waals surface area contributed by atoms with Gasteiger partial charge in [0.2, 0.25) is 0 Å². The van der Waals surface area contributed by atoms with Crippen LogP contribution in [0.3, 0.4) is 0 Å². The molecule has 0 aromatic heterocycles. The highest BCUT2D eigenvalue weighted by atomic mass is 16.5. The van der Waals surface area contributed by atoms with Gasteiger partial charge in [-0.15, -0.1) is 0 Å². The van der Waals surface area contributed by atoms with Crippen LogP contribution in [-0.2, 0) is 0 Å². The van der Waals surface area contributed by atoms with E-state index in [1.54, 1.807) is 44.6 Å². The van der Waals surface area contributed by atoms with Crippen molar-refractivity contribution in [2.45, 2.75) is 19.4 Å². The number of carbonyl (C=O) groups is 1. The molecule has 0 spiro atoms. The van der Waals surface area contributed by atoms with Crippen LogP contribution < -0.4 is 9.47 Å². The van der Waals surface area contributed by atoms with Crippen molar-refractivity contribution in [1.29, 1.82) is 0 Å². The molecule has 0 bridgehead atoms. The van der Waals surface area contributed by atoms with Gasteiger partial charge in [0.1, 0.15) is 17.2 Å². The Bertz CT molecular complexity index is 1120. The van der Waals surface area contributed by atoms with Crippen LogP contribution in [0.4, 0.5) is 0 Å². The third kappa shape index (κ3) is 4.10. The monoisotopic (exact) mass is 416 g/mol. The highest BCUT2D eigenvalue weighted by Gasteiger charge is 2.34. The molecule has 1 atom stereocenters. The van der Waals surface area contributed by atoms with Crippen molar-refractivity contribution in [3.05, 3.63) is 89.0 Å². The minimum absolute atomic E-state index is 0.0659. The van der Waals surface area contributed by atoms with Gasteiger partial charge in [-0.25, -0.2) is 5.01 Å². The summed E-state index contributed by atoms with van der Waals surface area (Å²) in [6, 6.07) is 19.8. The zero-order chi connectivity index (χ0) is 22.0. The van der Waals surface area contributed by atoms with E-state index in [1.807, 2.05) is 43.3 Å². The van der Waals surface area contributed by atoms with Gasteiger partial charge in [-0.1, -0.05) is 29.8 Å². The van der Waals surface area contributed by atoms with Crippen molar-refractivity contribution in [2.24, 2.45) is 5.10 Å². The molecule has 3 aromatic carbocycles. The zero-order valence-corrected chi connectivity index (χ0v) is 17.7. The summed E-state index contributed by atoms with van der Waals surface area (Å²) < 4.78 is 10.4. The lowest BCUT2D eigenvalue weighted by Crippen LogP contribution is -2.27. The number of nitrogens with zero attached hydrogens (tertiary/aromatic N) is 2. The first kappa shape index (κ1) is 20.5. The molecule has 0 saturated heterocycles. The van der Waals surface area contributed by atoms with Crippen molar-refractivity contribution < 1.29 is 19.4 Å². The lowest BCUT2D eigenvalue weighted by Gasteiger charge is -2.22. The van der Waals surface area contributed by atoms with E-state index in [-0.39, 0.29) is 17.7 Å². The smallest absolute Gasteiger partial charge is 0.274 e. The van der Waals surface area contributed by atoms with Gasteiger partial charge in [0.15, 0.2) is 0 Å². The molecule has 6 heteroatoms. The van der Waals surface area contributed by atoms with E-state index in [0.29, 0.717) is 29.0 Å². The molecule has 0 fully saturated rings. The Kier molecular flexibility index (Phi) is 5.62. The van der Waals surface area contributed by atoms with Crippen LogP contribution in [-0.4, -0.2) is 36.0 Å². The first-order chi connectivity index (χ1) is 15.0. The van der Waals surface area contributed by atoms with Crippen LogP contribution in [0.5, 0.6) is 17.2 Å². The summed E-state index contributed by atoms with van der Waals surface area (Å²) in [5, 5.41) is 16.6. The molecule has 4 rings (SSSR count). The maximum absolute atomic E-state index is 13.3. The number of phenolic OH excluding ortho intramolecular Hbond substituents is 1. The van der Waals surface area contributed by atoms with E-state index in [9.17, 15) is 9.90 Å². The molecule has 31 heavy (non-hydrogen) atoms. The van der Waals surface area contributed by atoms with Crippen LogP contribution in [0.25, 0.3) is 0 Å². The number of aryl methyl sites for hydroxylation is 1. The molecule has 1 amide bonds. The molecule has 1 aliphatic heterocycles. The van der Waals surface area contributed by atoms with Crippen LogP contribution >= 0.6 is 0 Å². The first-order valence-corrected chi connectivity index (χ1v) is 9.99. The summed E-state index contributed by atoms with van der Waals surface area (Å²) in [7, 11) is 3.16. The standard InChI is InChI=1S/C25H24N2O4/c1-16-4-6-18(7-5-16)25(29)27-23(17-8-10-19(30-2)11-9-17)15-22(26-27)21-13-12-20(31-3)14-24(21)28/h4-14,23,28H,15H2,1-3H3. The van der Waals surface area contributed by atoms with Gasteiger partial charge in [-0.3, -0.25) is 4.79 Å². The number of aromatic hydroxyl groups is 1. The molecule has 1 aliphatic rings. The first-order valence-electron chi connectivity index (χ1n) is 9.99. The number of amides is 1. The Morgan fingerprint density at radius 3 is 2.23 bits per heavy atom. The number of benzene rings is 3. The molecule has 0 radical (unpaired) electrons. The predicted octanol–water partition coefficient (Wildman–Crippen LogP) is 4.71. The molecule has 0 saturated carbocycles. The summed E-state index contributed by atoms with van der Waals surface area (Å²) in [4.78, 5) is 13.3. The fourth-order valence-electron chi connectivity index (χ4n) is 3.66. The van der Waals surface area contributed by atoms with E-state index >= 15 is 0 Å². The molecule has 1 N–H and O–H groups in total. The molecule has 1 heterocycles. The molecule has 0 aliphatic carbocycles. The van der Waals surface area contributed by atoms with E-state index in [4.69, 9.17) is 9.47 Å². The minimum Gasteiger partial charge on any atom is -0.507 e. The van der Waals surface area contributed by atoms with Crippen molar-refractivity contribution in [2.75, 3.05) is 14.2 Å². The number of ether oxygens (including phenoxy) is 2. The largest absolute Gasteiger partial charge is 0.507 e. The number of rotatable bonds is 5. The lowest BCUT2D eigenvalue weighted by molar-refractivity contribution is 0.0711. The third-order valence-electron chi connectivity index (χ3n) is 5.43. The van der Waals surface area contributed by atoms with Gasteiger partial charge in [0.25, 0.3) is 5.91 Å². The maximum Gasteiger partial charge on any atom is 0.274 e. The Labute approximate surface area is 181 Å². The van der Waals surface area contributed by atoms with Gasteiger partial charge in [-0.05, 0) is 48.9 Å². The normalized spacial score (nSPS) is 15.5. The second-order valence-electron chi connectivity index (χ2n) is 7.44. The Morgan fingerprint density at radius 2 is 1.61 bits per heavy atom. The fourth-order valence-corrected chi connectivity index (χ4v) is 3.66. The average Bonchev–Trinajstić information content (AvgIpc) is 3.24. The molecular weight excluding hydrogens is 392 g/mol. The van der Waals surface area contributed by atoms with E-state index < -0.39 is 0 Å². The number of phenols is 1. The Hall–Kier alpha value is -3.80. The van der Waals surface area contributed by atoms with Crippen LogP contribution in [0.2, 0.25) is 0 Å². The highest BCUT2D eigenvalue weighted by molar-refractivity contribution is 6.06. The predicted molar refractivity (Wildman–Crippen MR) is 119 cm³/mol. The number of hydrazone groups is 1. The van der Waals surface area contributed by atoms with Gasteiger partial charge >= 0.3 is 0 Å². The number of carbonyl (C=O) groups excluding carboxylic acids is 1. The fraction of sp³-hybridized carbons (Fsp3) is 0.200. The highest BCUT2D eigenvalue weighted by Crippen LogP contribution is 2.37. The quantitative estimate of drug-likeness (QED) is 0.654. The van der Waals surface area contributed by atoms with Crippen molar-refractivity contribution in [3.8, 4) is 17.2 Å². The number of hydrogen-bond acceptors (Lipinski definition) is 5. The Morgan fingerprint density at radius 1 is 0.968 bits per heavy atom. The van der Waals surface area contributed by atoms with Gasteiger partial charge in [0, 0.05) is 23.6 Å². The van der Waals surface area contributed by atoms with Gasteiger partial charge in [-0.2, -0.15) is 5.10 Å². The molecular formula is C25H24N2O4. The molecule has 3 aromatic rings. The van der Waals surface area contributed by atoms with Gasteiger partial charge in [0.05, 0.1) is 26.0 Å². The average molecular weight is 416 g/mol. The number of methoxy groups -OCH3 is 2. The van der Waals surface area contributed by atoms with Gasteiger partial charge < -0.3 is 14.6 Å². The lowest BCUT2D eigenvalue weighted by atomic mass is 9.97. The Balaban J connectivity index is 1.73. The summed E-state index contributed by atoms with van der Waals surface area (Å²) in [5.41, 5.74) is 3.80. The van der Waals surface area contributed by atoms with Crippen LogP contribution in [0, 0.1) is 6.92 Å². The summed E-state index contributed by atoms with van der Waals surface area (Å²) >= 11 is 0.